The van der Waals surface area contributed by atoms with Gasteiger partial charge >= 0.3 is 0 Å². The van der Waals surface area contributed by atoms with Crippen molar-refractivity contribution in [3.05, 3.63) is 12.7 Å². The lowest BCUT2D eigenvalue weighted by molar-refractivity contribution is 0.581. The van der Waals surface area contributed by atoms with Crippen LogP contribution in [-0.4, -0.2) is 23.6 Å². The summed E-state index contributed by atoms with van der Waals surface area (Å²) in [6.45, 7) is 11.4. The highest BCUT2D eigenvalue weighted by Gasteiger charge is 2.05. The van der Waals surface area contributed by atoms with E-state index >= 15 is 0 Å². The number of thioether (sulfide) groups is 1. The van der Waals surface area contributed by atoms with Gasteiger partial charge in [0.05, 0.1) is 0 Å². The molecule has 0 aliphatic heterocycles. The zero-order chi connectivity index (χ0) is 9.40. The molecule has 0 rings (SSSR count). The average Bonchev–Trinajstić information content (AvgIpc) is 2.01. The maximum atomic E-state index is 3.76. The highest BCUT2D eigenvalue weighted by Crippen LogP contribution is 2.12. The maximum Gasteiger partial charge on any atom is 0.0192 e. The van der Waals surface area contributed by atoms with Crippen molar-refractivity contribution < 1.29 is 0 Å². The quantitative estimate of drug-likeness (QED) is 0.615. The Morgan fingerprint density at radius 2 is 2.17 bits per heavy atom. The molecule has 0 spiro atoms. The molecular weight excluding hydrogens is 166 g/mol. The van der Waals surface area contributed by atoms with Crippen molar-refractivity contribution in [2.75, 3.05) is 12.3 Å². The standard InChI is InChI=1S/C10H21NS/c1-5-7-10(11-6-2)8-12-9(3)4/h5,9-11H,1,6-8H2,2-4H3. The van der Waals surface area contributed by atoms with Crippen molar-refractivity contribution in [2.45, 2.75) is 38.5 Å². The Morgan fingerprint density at radius 1 is 1.50 bits per heavy atom. The van der Waals surface area contributed by atoms with E-state index in [9.17, 15) is 0 Å². The Kier molecular flexibility index (Phi) is 7.72. The Hall–Kier alpha value is 0.0500. The second-order valence-electron chi connectivity index (χ2n) is 3.16. The van der Waals surface area contributed by atoms with Gasteiger partial charge < -0.3 is 5.32 Å². The fourth-order valence-corrected chi connectivity index (χ4v) is 1.88. The zero-order valence-electron chi connectivity index (χ0n) is 8.47. The molecule has 1 nitrogen and oxygen atoms in total. The third-order valence-electron chi connectivity index (χ3n) is 1.57. The van der Waals surface area contributed by atoms with Gasteiger partial charge in [-0.25, -0.2) is 0 Å². The van der Waals surface area contributed by atoms with Crippen LogP contribution in [-0.2, 0) is 0 Å². The van der Waals surface area contributed by atoms with E-state index in [2.05, 4.69) is 32.7 Å². The summed E-state index contributed by atoms with van der Waals surface area (Å²) in [4.78, 5) is 0. The van der Waals surface area contributed by atoms with E-state index in [0.29, 0.717) is 6.04 Å². The van der Waals surface area contributed by atoms with Crippen LogP contribution in [0.25, 0.3) is 0 Å². The van der Waals surface area contributed by atoms with Crippen LogP contribution in [0.2, 0.25) is 0 Å². The molecule has 0 amide bonds. The molecule has 0 aromatic carbocycles. The summed E-state index contributed by atoms with van der Waals surface area (Å²) < 4.78 is 0. The lowest BCUT2D eigenvalue weighted by Gasteiger charge is -2.16. The lowest BCUT2D eigenvalue weighted by Crippen LogP contribution is -2.30. The summed E-state index contributed by atoms with van der Waals surface area (Å²) in [6.07, 6.45) is 3.07. The van der Waals surface area contributed by atoms with Gasteiger partial charge in [0.2, 0.25) is 0 Å². The molecule has 1 unspecified atom stereocenters. The molecule has 0 saturated heterocycles. The predicted molar refractivity (Wildman–Crippen MR) is 59.9 cm³/mol. The number of nitrogens with one attached hydrogen (secondary N) is 1. The molecule has 0 radical (unpaired) electrons. The molecule has 2 heteroatoms. The minimum absolute atomic E-state index is 0.611. The van der Waals surface area contributed by atoms with E-state index in [4.69, 9.17) is 0 Å². The van der Waals surface area contributed by atoms with Crippen molar-refractivity contribution in [1.29, 1.82) is 0 Å². The van der Waals surface area contributed by atoms with Gasteiger partial charge in [0.25, 0.3) is 0 Å². The van der Waals surface area contributed by atoms with Crippen LogP contribution in [0.5, 0.6) is 0 Å². The second-order valence-corrected chi connectivity index (χ2v) is 4.77. The summed E-state index contributed by atoms with van der Waals surface area (Å²) in [5.41, 5.74) is 0. The van der Waals surface area contributed by atoms with Crippen molar-refractivity contribution in [3.63, 3.8) is 0 Å². The van der Waals surface area contributed by atoms with Crippen LogP contribution in [0.4, 0.5) is 0 Å². The second kappa shape index (κ2) is 7.69. The lowest BCUT2D eigenvalue weighted by atomic mass is 10.2. The fraction of sp³-hybridized carbons (Fsp3) is 0.800. The molecule has 0 aromatic heterocycles. The van der Waals surface area contributed by atoms with Gasteiger partial charge in [0, 0.05) is 11.8 Å². The minimum atomic E-state index is 0.611. The smallest absolute Gasteiger partial charge is 0.0192 e. The minimum Gasteiger partial charge on any atom is -0.313 e. The van der Waals surface area contributed by atoms with Gasteiger partial charge in [0.15, 0.2) is 0 Å². The first kappa shape index (κ1) is 12.0. The summed E-state index contributed by atoms with van der Waals surface area (Å²) in [5.74, 6) is 1.19. The van der Waals surface area contributed by atoms with E-state index in [1.807, 2.05) is 17.8 Å². The zero-order valence-corrected chi connectivity index (χ0v) is 9.29. The Morgan fingerprint density at radius 3 is 2.58 bits per heavy atom. The predicted octanol–water partition coefficient (Wildman–Crippen LogP) is 2.68. The molecule has 0 heterocycles. The Balaban J connectivity index is 3.54. The van der Waals surface area contributed by atoms with Crippen LogP contribution in [0.3, 0.4) is 0 Å². The Labute approximate surface area is 81.0 Å². The van der Waals surface area contributed by atoms with Gasteiger partial charge in [-0.2, -0.15) is 11.8 Å². The third-order valence-corrected chi connectivity index (χ3v) is 2.84. The molecule has 1 atom stereocenters. The van der Waals surface area contributed by atoms with Crippen LogP contribution >= 0.6 is 11.8 Å². The molecular formula is C10H21NS. The van der Waals surface area contributed by atoms with Crippen LogP contribution in [0, 0.1) is 0 Å². The highest BCUT2D eigenvalue weighted by molar-refractivity contribution is 7.99. The first-order valence-electron chi connectivity index (χ1n) is 4.66. The molecule has 1 N–H and O–H groups in total. The molecule has 0 aliphatic rings. The molecule has 0 aromatic rings. The Bertz CT molecular complexity index is 112. The maximum absolute atomic E-state index is 3.76. The monoisotopic (exact) mass is 187 g/mol. The van der Waals surface area contributed by atoms with E-state index in [0.717, 1.165) is 18.2 Å². The largest absolute Gasteiger partial charge is 0.313 e. The average molecular weight is 187 g/mol. The number of hydrogen-bond acceptors (Lipinski definition) is 2. The van der Waals surface area contributed by atoms with E-state index < -0.39 is 0 Å². The fourth-order valence-electron chi connectivity index (χ4n) is 1.01. The van der Waals surface area contributed by atoms with E-state index in [-0.39, 0.29) is 0 Å². The molecule has 72 valence electrons. The summed E-state index contributed by atoms with van der Waals surface area (Å²) in [5, 5.41) is 4.18. The highest BCUT2D eigenvalue weighted by atomic mass is 32.2. The summed E-state index contributed by atoms with van der Waals surface area (Å²) >= 11 is 2.01. The van der Waals surface area contributed by atoms with Gasteiger partial charge in [-0.15, -0.1) is 6.58 Å². The van der Waals surface area contributed by atoms with Crippen molar-refractivity contribution in [3.8, 4) is 0 Å². The van der Waals surface area contributed by atoms with Crippen molar-refractivity contribution in [1.82, 2.24) is 5.32 Å². The number of rotatable bonds is 7. The molecule has 0 saturated carbocycles. The van der Waals surface area contributed by atoms with Crippen molar-refractivity contribution in [2.24, 2.45) is 0 Å². The summed E-state index contributed by atoms with van der Waals surface area (Å²) in [7, 11) is 0. The number of hydrogen-bond donors (Lipinski definition) is 1. The van der Waals surface area contributed by atoms with Crippen LogP contribution in [0.1, 0.15) is 27.2 Å². The van der Waals surface area contributed by atoms with Gasteiger partial charge in [-0.05, 0) is 18.2 Å². The van der Waals surface area contributed by atoms with Gasteiger partial charge in [0.1, 0.15) is 0 Å². The van der Waals surface area contributed by atoms with Crippen LogP contribution in [0.15, 0.2) is 12.7 Å². The van der Waals surface area contributed by atoms with E-state index in [1.54, 1.807) is 0 Å². The molecule has 0 fully saturated rings. The first-order valence-corrected chi connectivity index (χ1v) is 5.71. The molecule has 0 aliphatic carbocycles. The molecule has 12 heavy (non-hydrogen) atoms. The molecule has 0 bridgehead atoms. The van der Waals surface area contributed by atoms with Crippen LogP contribution < -0.4 is 5.32 Å². The summed E-state index contributed by atoms with van der Waals surface area (Å²) in [6, 6.07) is 0.611. The van der Waals surface area contributed by atoms with Gasteiger partial charge in [-0.1, -0.05) is 26.8 Å². The third kappa shape index (κ3) is 6.74. The van der Waals surface area contributed by atoms with E-state index in [1.165, 1.54) is 5.75 Å². The van der Waals surface area contributed by atoms with Gasteiger partial charge in [-0.3, -0.25) is 0 Å². The SMILES string of the molecule is C=CCC(CSC(C)C)NCC. The topological polar surface area (TPSA) is 12.0 Å². The normalized spacial score (nSPS) is 13.3. The first-order chi connectivity index (χ1) is 5.70. The van der Waals surface area contributed by atoms with Crippen molar-refractivity contribution >= 4 is 11.8 Å².